The van der Waals surface area contributed by atoms with Gasteiger partial charge in [0.2, 0.25) is 0 Å². The van der Waals surface area contributed by atoms with Gasteiger partial charge in [-0.25, -0.2) is 4.79 Å². The molecule has 1 saturated heterocycles. The van der Waals surface area contributed by atoms with Gasteiger partial charge in [0.25, 0.3) is 17.7 Å². The van der Waals surface area contributed by atoms with Gasteiger partial charge in [-0.15, -0.1) is 5.06 Å². The van der Waals surface area contributed by atoms with E-state index in [9.17, 15) is 19.2 Å². The summed E-state index contributed by atoms with van der Waals surface area (Å²) in [6, 6.07) is 1.40. The lowest BCUT2D eigenvalue weighted by molar-refractivity contribution is -0.197. The summed E-state index contributed by atoms with van der Waals surface area (Å²) in [5.41, 5.74) is 2.36. The summed E-state index contributed by atoms with van der Waals surface area (Å²) in [6.07, 6.45) is 1.21. The van der Waals surface area contributed by atoms with Crippen molar-refractivity contribution in [2.24, 2.45) is 4.99 Å². The maximum Gasteiger partial charge on any atom is 0.333 e. The molecule has 45 heavy (non-hydrogen) atoms. The van der Waals surface area contributed by atoms with Crippen LogP contribution in [0.3, 0.4) is 0 Å². The van der Waals surface area contributed by atoms with E-state index < -0.39 is 47.9 Å². The molecule has 3 aliphatic rings. The van der Waals surface area contributed by atoms with Crippen molar-refractivity contribution in [2.45, 2.75) is 66.2 Å². The van der Waals surface area contributed by atoms with E-state index in [1.165, 1.54) is 11.9 Å². The summed E-state index contributed by atoms with van der Waals surface area (Å²) in [4.78, 5) is 60.6. The van der Waals surface area contributed by atoms with Crippen molar-refractivity contribution in [1.82, 2.24) is 9.96 Å². The number of carbonyl (C=O) groups is 4. The summed E-state index contributed by atoms with van der Waals surface area (Å²) < 4.78 is 59.3. The quantitative estimate of drug-likeness (QED) is 0.118. The lowest BCUT2D eigenvalue weighted by Crippen LogP contribution is -2.32. The Kier molecular flexibility index (Phi) is 7.34. The Morgan fingerprint density at radius 2 is 1.71 bits per heavy atom. The molecule has 0 atom stereocenters. The van der Waals surface area contributed by atoms with Gasteiger partial charge in [0.05, 0.1) is 13.6 Å². The summed E-state index contributed by atoms with van der Waals surface area (Å²) >= 11 is 0. The van der Waals surface area contributed by atoms with Gasteiger partial charge >= 0.3 is 5.97 Å². The van der Waals surface area contributed by atoms with Crippen LogP contribution in [-0.2, 0) is 19.2 Å². The van der Waals surface area contributed by atoms with Crippen LogP contribution in [-0.4, -0.2) is 53.8 Å². The molecular weight excluding hydrogens is 570 g/mol. The minimum atomic E-state index is -0.718. The average molecular weight is 616 g/mol. The molecule has 0 bridgehead atoms. The van der Waals surface area contributed by atoms with Crippen LogP contribution in [0.4, 0.5) is 0 Å². The predicted molar refractivity (Wildman–Crippen MR) is 171 cm³/mol. The zero-order valence-corrected chi connectivity index (χ0v) is 26.1. The van der Waals surface area contributed by atoms with Crippen LogP contribution in [0, 0.1) is 20.8 Å². The topological polar surface area (TPSA) is 109 Å². The molecule has 0 saturated carbocycles. The molecule has 2 aliphatic heterocycles. The highest BCUT2D eigenvalue weighted by Crippen LogP contribution is 2.42. The molecule has 2 aromatic carbocycles. The average Bonchev–Trinajstić information content (AvgIpc) is 3.41. The zero-order chi connectivity index (χ0) is 37.5. The summed E-state index contributed by atoms with van der Waals surface area (Å²) in [5, 5.41) is 1.26. The second-order valence-corrected chi connectivity index (χ2v) is 11.1. The lowest BCUT2D eigenvalue weighted by atomic mass is 9.88. The molecule has 234 valence electrons. The first kappa shape index (κ1) is 24.5. The van der Waals surface area contributed by atoms with E-state index in [-0.39, 0.29) is 65.9 Å². The number of nitrogens with zero attached hydrogens (tertiary/aromatic N) is 3. The number of imide groups is 1. The Bertz CT molecular complexity index is 2150. The first-order chi connectivity index (χ1) is 24.1. The minimum Gasteiger partial charge on any atom is -0.456 e. The molecule has 2 heterocycles. The maximum absolute atomic E-state index is 14.3. The van der Waals surface area contributed by atoms with Crippen molar-refractivity contribution in [3.05, 3.63) is 76.0 Å². The molecule has 0 unspecified atom stereocenters. The highest BCUT2D eigenvalue weighted by Gasteiger charge is 2.32. The number of amides is 3. The fraction of sp³-hybridized carbons (Fsp3) is 0.361. The van der Waals surface area contributed by atoms with Crippen LogP contribution in [0.1, 0.15) is 80.7 Å². The van der Waals surface area contributed by atoms with Crippen LogP contribution in [0.2, 0.25) is 0 Å². The molecule has 0 spiro atoms. The monoisotopic (exact) mass is 615 g/mol. The molecule has 0 radical (unpaired) electrons. The smallest absolute Gasteiger partial charge is 0.333 e. The Morgan fingerprint density at radius 1 is 0.978 bits per heavy atom. The van der Waals surface area contributed by atoms with Gasteiger partial charge in [-0.3, -0.25) is 19.4 Å². The summed E-state index contributed by atoms with van der Waals surface area (Å²) in [5.74, 6) is -2.43. The standard InChI is InChI=1S/C36H39N3O6/c1-6-37-29-21-31-28(19-24(29)4)35(27-18-22(2)23(3)20-30(27)44-31)25-12-9-10-13-26(25)36(43)38(5)17-11-7-8-14-34(42)45-39-32(40)15-16-33(39)41/h9-10,12-13,18-21H,6-8,11,14-17H2,1-5H3/i9D,10D,12D,13D,20D,21D. The fourth-order valence-corrected chi connectivity index (χ4v) is 5.27. The van der Waals surface area contributed by atoms with Gasteiger partial charge < -0.3 is 14.2 Å². The van der Waals surface area contributed by atoms with Crippen molar-refractivity contribution >= 4 is 34.7 Å². The summed E-state index contributed by atoms with van der Waals surface area (Å²) in [6.45, 7) is 7.78. The van der Waals surface area contributed by atoms with Crippen LogP contribution >= 0.6 is 0 Å². The number of fused-ring (bicyclic) bond motifs is 2. The molecule has 9 heteroatoms. The SMILES string of the molecule is [2H]c1c([2H])c([2H])c(-c2c3cc(C)c(=NCC)c([2H])c-3oc3c([2H])c(C)c(C)cc23)c(C(=O)N(C)CCCCCC(=O)ON2C(=O)CCC2=O)c1[2H]. The second kappa shape index (κ2) is 13.5. The summed E-state index contributed by atoms with van der Waals surface area (Å²) in [7, 11) is 1.52. The maximum atomic E-state index is 14.3. The van der Waals surface area contributed by atoms with Gasteiger partial charge in [0.15, 0.2) is 0 Å². The van der Waals surface area contributed by atoms with Crippen molar-refractivity contribution in [2.75, 3.05) is 20.1 Å². The molecule has 1 fully saturated rings. The van der Waals surface area contributed by atoms with Gasteiger partial charge in [0, 0.05) is 67.5 Å². The molecule has 1 aliphatic carbocycles. The van der Waals surface area contributed by atoms with E-state index in [0.717, 1.165) is 5.56 Å². The Balaban J connectivity index is 1.56. The number of benzene rings is 3. The van der Waals surface area contributed by atoms with E-state index in [1.54, 1.807) is 26.0 Å². The number of rotatable bonds is 10. The Morgan fingerprint density at radius 3 is 2.44 bits per heavy atom. The number of aryl methyl sites for hydroxylation is 2. The van der Waals surface area contributed by atoms with E-state index in [2.05, 4.69) is 4.99 Å². The van der Waals surface area contributed by atoms with Crippen molar-refractivity contribution < 1.29 is 36.7 Å². The highest BCUT2D eigenvalue weighted by molar-refractivity contribution is 6.09. The number of hydrogen-bond donors (Lipinski definition) is 0. The third kappa shape index (κ3) is 6.67. The second-order valence-electron chi connectivity index (χ2n) is 11.1. The van der Waals surface area contributed by atoms with Gasteiger partial charge in [-0.05, 0) is 87.0 Å². The minimum absolute atomic E-state index is 0.000186. The first-order valence-corrected chi connectivity index (χ1v) is 15.0. The van der Waals surface area contributed by atoms with Crippen molar-refractivity contribution in [3.8, 4) is 22.5 Å². The van der Waals surface area contributed by atoms with Crippen molar-refractivity contribution in [3.63, 3.8) is 0 Å². The molecule has 0 N–H and O–H groups in total. The van der Waals surface area contributed by atoms with Crippen LogP contribution in [0.25, 0.3) is 33.4 Å². The van der Waals surface area contributed by atoms with E-state index in [4.69, 9.17) is 17.5 Å². The Hall–Kier alpha value is -4.79. The Labute approximate surface area is 271 Å². The van der Waals surface area contributed by atoms with Crippen molar-refractivity contribution in [1.29, 1.82) is 0 Å². The lowest BCUT2D eigenvalue weighted by Gasteiger charge is -2.22. The van der Waals surface area contributed by atoms with Crippen LogP contribution in [0.15, 0.2) is 57.8 Å². The molecule has 0 aromatic heterocycles. The largest absolute Gasteiger partial charge is 0.456 e. The van der Waals surface area contributed by atoms with Gasteiger partial charge in [-0.2, -0.15) is 0 Å². The van der Waals surface area contributed by atoms with E-state index in [1.807, 2.05) is 13.8 Å². The molecule has 5 rings (SSSR count). The third-order valence-corrected chi connectivity index (χ3v) is 7.84. The first-order valence-electron chi connectivity index (χ1n) is 18.0. The van der Waals surface area contributed by atoms with E-state index in [0.29, 0.717) is 58.3 Å². The molecular formula is C36H39N3O6. The number of carbonyl (C=O) groups excluding carboxylic acids is 4. The predicted octanol–water partition coefficient (Wildman–Crippen LogP) is 6.29. The van der Waals surface area contributed by atoms with Crippen LogP contribution < -0.4 is 5.36 Å². The van der Waals surface area contributed by atoms with Crippen LogP contribution in [0.5, 0.6) is 0 Å². The van der Waals surface area contributed by atoms with Gasteiger partial charge in [0.1, 0.15) is 11.3 Å². The number of unbranched alkanes of at least 4 members (excludes halogenated alkanes) is 2. The normalized spacial score (nSPS) is 15.6. The molecule has 3 amide bonds. The molecule has 9 nitrogen and oxygen atoms in total. The molecule has 2 aromatic rings. The number of hydroxylamine groups is 2. The fourth-order valence-electron chi connectivity index (χ4n) is 5.27. The van der Waals surface area contributed by atoms with Gasteiger partial charge in [-0.1, -0.05) is 24.5 Å². The van der Waals surface area contributed by atoms with E-state index >= 15 is 0 Å². The highest BCUT2D eigenvalue weighted by atomic mass is 16.7. The third-order valence-electron chi connectivity index (χ3n) is 7.84. The zero-order valence-electron chi connectivity index (χ0n) is 32.1. The number of hydrogen-bond acceptors (Lipinski definition) is 7.